The average molecular weight is 302 g/mol. The van der Waals surface area contributed by atoms with Crippen LogP contribution in [0, 0.1) is 11.3 Å². The van der Waals surface area contributed by atoms with E-state index in [1.165, 1.54) is 32.1 Å². The van der Waals surface area contributed by atoms with E-state index in [1.54, 1.807) is 0 Å². The standard InChI is InChI=1S/C14H24BrNO/c1-2-12-4-5-13(17)16(9-6-12)11-14(10-15)7-3-8-14/h12H,2-11H2,1H3. The zero-order valence-corrected chi connectivity index (χ0v) is 12.5. The second kappa shape index (κ2) is 5.73. The molecule has 0 radical (unpaired) electrons. The Morgan fingerprint density at radius 2 is 2.18 bits per heavy atom. The van der Waals surface area contributed by atoms with Gasteiger partial charge in [0.2, 0.25) is 5.91 Å². The fourth-order valence-electron chi connectivity index (χ4n) is 3.08. The van der Waals surface area contributed by atoms with Crippen molar-refractivity contribution in [2.75, 3.05) is 18.4 Å². The van der Waals surface area contributed by atoms with Crippen LogP contribution in [0.3, 0.4) is 0 Å². The summed E-state index contributed by atoms with van der Waals surface area (Å²) in [5, 5.41) is 1.06. The molecular weight excluding hydrogens is 278 g/mol. The molecule has 0 aromatic heterocycles. The molecular formula is C14H24BrNO. The maximum absolute atomic E-state index is 12.1. The summed E-state index contributed by atoms with van der Waals surface area (Å²) >= 11 is 3.64. The average Bonchev–Trinajstić information content (AvgIpc) is 2.46. The van der Waals surface area contributed by atoms with Crippen molar-refractivity contribution >= 4 is 21.8 Å². The Kier molecular flexibility index (Phi) is 4.51. The van der Waals surface area contributed by atoms with Gasteiger partial charge < -0.3 is 4.90 Å². The number of alkyl halides is 1. The van der Waals surface area contributed by atoms with Gasteiger partial charge in [-0.25, -0.2) is 0 Å². The normalized spacial score (nSPS) is 28.7. The Morgan fingerprint density at radius 1 is 1.41 bits per heavy atom. The van der Waals surface area contributed by atoms with Crippen molar-refractivity contribution < 1.29 is 4.79 Å². The molecule has 2 aliphatic rings. The molecule has 98 valence electrons. The SMILES string of the molecule is CCC1CCC(=O)N(CC2(CBr)CCC2)CC1. The van der Waals surface area contributed by atoms with Gasteiger partial charge in [-0.15, -0.1) is 0 Å². The number of carbonyl (C=O) groups is 1. The zero-order chi connectivity index (χ0) is 12.3. The van der Waals surface area contributed by atoms with Crippen LogP contribution < -0.4 is 0 Å². The molecule has 0 aromatic carbocycles. The summed E-state index contributed by atoms with van der Waals surface area (Å²) in [7, 11) is 0. The van der Waals surface area contributed by atoms with Gasteiger partial charge in [0.1, 0.15) is 0 Å². The van der Waals surface area contributed by atoms with Gasteiger partial charge in [0.25, 0.3) is 0 Å². The molecule has 1 aliphatic carbocycles. The topological polar surface area (TPSA) is 20.3 Å². The lowest BCUT2D eigenvalue weighted by Gasteiger charge is -2.44. The van der Waals surface area contributed by atoms with Gasteiger partial charge in [0.15, 0.2) is 0 Å². The predicted molar refractivity (Wildman–Crippen MR) is 74.3 cm³/mol. The third kappa shape index (κ3) is 3.04. The zero-order valence-electron chi connectivity index (χ0n) is 10.9. The molecule has 0 bridgehead atoms. The second-order valence-electron chi connectivity index (χ2n) is 5.90. The molecule has 1 aliphatic heterocycles. The molecule has 0 N–H and O–H groups in total. The number of halogens is 1. The van der Waals surface area contributed by atoms with Crippen molar-refractivity contribution in [1.82, 2.24) is 4.90 Å². The minimum Gasteiger partial charge on any atom is -0.342 e. The molecule has 1 unspecified atom stereocenters. The maximum atomic E-state index is 12.1. The van der Waals surface area contributed by atoms with Gasteiger partial charge in [0, 0.05) is 24.8 Å². The predicted octanol–water partition coefficient (Wildman–Crippen LogP) is 3.59. The highest BCUT2D eigenvalue weighted by Gasteiger charge is 2.38. The van der Waals surface area contributed by atoms with E-state index in [2.05, 4.69) is 27.8 Å². The minimum absolute atomic E-state index is 0.396. The van der Waals surface area contributed by atoms with Crippen LogP contribution in [-0.2, 0) is 4.79 Å². The summed E-state index contributed by atoms with van der Waals surface area (Å²) in [5.41, 5.74) is 0.404. The monoisotopic (exact) mass is 301 g/mol. The van der Waals surface area contributed by atoms with Gasteiger partial charge in [0.05, 0.1) is 0 Å². The molecule has 0 spiro atoms. The first-order valence-corrected chi connectivity index (χ1v) is 8.15. The highest BCUT2D eigenvalue weighted by atomic mass is 79.9. The van der Waals surface area contributed by atoms with Crippen molar-refractivity contribution in [3.63, 3.8) is 0 Å². The van der Waals surface area contributed by atoms with Crippen molar-refractivity contribution in [3.8, 4) is 0 Å². The number of hydrogen-bond acceptors (Lipinski definition) is 1. The molecule has 1 saturated carbocycles. The van der Waals surface area contributed by atoms with E-state index in [9.17, 15) is 4.79 Å². The smallest absolute Gasteiger partial charge is 0.222 e. The molecule has 1 heterocycles. The van der Waals surface area contributed by atoms with Gasteiger partial charge in [-0.2, -0.15) is 0 Å². The van der Waals surface area contributed by atoms with Gasteiger partial charge >= 0.3 is 0 Å². The van der Waals surface area contributed by atoms with Gasteiger partial charge in [-0.05, 0) is 37.0 Å². The van der Waals surface area contributed by atoms with Gasteiger partial charge in [-0.3, -0.25) is 4.79 Å². The number of hydrogen-bond donors (Lipinski definition) is 0. The van der Waals surface area contributed by atoms with Crippen LogP contribution in [0.25, 0.3) is 0 Å². The molecule has 1 amide bonds. The number of rotatable bonds is 4. The number of likely N-dealkylation sites (tertiary alicyclic amines) is 1. The van der Waals surface area contributed by atoms with Crippen molar-refractivity contribution in [3.05, 3.63) is 0 Å². The lowest BCUT2D eigenvalue weighted by Crippen LogP contribution is -2.45. The van der Waals surface area contributed by atoms with Crippen LogP contribution in [0.15, 0.2) is 0 Å². The van der Waals surface area contributed by atoms with Crippen molar-refractivity contribution in [2.45, 2.75) is 51.9 Å². The Hall–Kier alpha value is -0.0500. The molecule has 0 aromatic rings. The summed E-state index contributed by atoms with van der Waals surface area (Å²) in [6.45, 7) is 4.23. The van der Waals surface area contributed by atoms with E-state index in [0.717, 1.165) is 37.2 Å². The van der Waals surface area contributed by atoms with Gasteiger partial charge in [-0.1, -0.05) is 35.7 Å². The lowest BCUT2D eigenvalue weighted by atomic mass is 9.70. The van der Waals surface area contributed by atoms with Crippen LogP contribution in [0.2, 0.25) is 0 Å². The van der Waals surface area contributed by atoms with E-state index in [4.69, 9.17) is 0 Å². The van der Waals surface area contributed by atoms with Crippen LogP contribution in [0.4, 0.5) is 0 Å². The molecule has 1 saturated heterocycles. The Bertz CT molecular complexity index is 270. The summed E-state index contributed by atoms with van der Waals surface area (Å²) in [6, 6.07) is 0. The molecule has 2 rings (SSSR count). The van der Waals surface area contributed by atoms with E-state index in [0.29, 0.717) is 11.3 Å². The second-order valence-corrected chi connectivity index (χ2v) is 6.46. The first-order chi connectivity index (χ1) is 8.19. The van der Waals surface area contributed by atoms with Crippen LogP contribution in [-0.4, -0.2) is 29.2 Å². The summed E-state index contributed by atoms with van der Waals surface area (Å²) in [4.78, 5) is 14.3. The molecule has 2 fully saturated rings. The highest BCUT2D eigenvalue weighted by Crippen LogP contribution is 2.43. The molecule has 17 heavy (non-hydrogen) atoms. The van der Waals surface area contributed by atoms with E-state index in [1.807, 2.05) is 0 Å². The summed E-state index contributed by atoms with van der Waals surface area (Å²) < 4.78 is 0. The number of amides is 1. The largest absolute Gasteiger partial charge is 0.342 e. The highest BCUT2D eigenvalue weighted by molar-refractivity contribution is 9.09. The first-order valence-electron chi connectivity index (χ1n) is 7.03. The van der Waals surface area contributed by atoms with Crippen LogP contribution >= 0.6 is 15.9 Å². The number of nitrogens with zero attached hydrogens (tertiary/aromatic N) is 1. The molecule has 3 heteroatoms. The Labute approximate surface area is 113 Å². The Morgan fingerprint density at radius 3 is 2.71 bits per heavy atom. The third-order valence-electron chi connectivity index (χ3n) is 4.73. The molecule has 2 nitrogen and oxygen atoms in total. The van der Waals surface area contributed by atoms with Crippen LogP contribution in [0.1, 0.15) is 51.9 Å². The fraction of sp³-hybridized carbons (Fsp3) is 0.929. The fourth-order valence-corrected chi connectivity index (χ4v) is 3.82. The number of carbonyl (C=O) groups excluding carboxylic acids is 1. The minimum atomic E-state index is 0.396. The lowest BCUT2D eigenvalue weighted by molar-refractivity contribution is -0.133. The first kappa shape index (κ1) is 13.4. The van der Waals surface area contributed by atoms with E-state index in [-0.39, 0.29) is 0 Å². The van der Waals surface area contributed by atoms with E-state index < -0.39 is 0 Å². The van der Waals surface area contributed by atoms with Crippen molar-refractivity contribution in [2.24, 2.45) is 11.3 Å². The Balaban J connectivity index is 1.93. The quantitative estimate of drug-likeness (QED) is 0.727. The molecule has 1 atom stereocenters. The summed E-state index contributed by atoms with van der Waals surface area (Å²) in [5.74, 6) is 1.17. The third-order valence-corrected chi connectivity index (χ3v) is 5.92. The van der Waals surface area contributed by atoms with E-state index >= 15 is 0 Å². The summed E-state index contributed by atoms with van der Waals surface area (Å²) in [6.07, 6.45) is 8.24. The van der Waals surface area contributed by atoms with Crippen molar-refractivity contribution in [1.29, 1.82) is 0 Å². The van der Waals surface area contributed by atoms with Crippen LogP contribution in [0.5, 0.6) is 0 Å². The maximum Gasteiger partial charge on any atom is 0.222 e.